The molecule has 0 saturated heterocycles. The molecule has 0 aliphatic carbocycles. The lowest BCUT2D eigenvalue weighted by Gasteiger charge is -2.07. The smallest absolute Gasteiger partial charge is 0.261 e. The number of hydrogen-bond donors (Lipinski definition) is 1. The molecule has 122 valence electrons. The third-order valence-corrected chi connectivity index (χ3v) is 3.23. The standard InChI is InChI=1S/C16H20N4O3/c1-11-7-12(2)20(19-11)10-16(21)18-17-9-13-5-6-14(22-3)8-15(13)23-4/h5-9H,10H2,1-4H3,(H,18,21)/b17-9+. The summed E-state index contributed by atoms with van der Waals surface area (Å²) in [5.74, 6) is 1.05. The maximum Gasteiger partial charge on any atom is 0.261 e. The number of hydrazone groups is 1. The second-order valence-corrected chi connectivity index (χ2v) is 4.99. The fraction of sp³-hybridized carbons (Fsp3) is 0.312. The first-order valence-corrected chi connectivity index (χ1v) is 7.08. The van der Waals surface area contributed by atoms with Gasteiger partial charge in [-0.05, 0) is 32.0 Å². The number of ether oxygens (including phenoxy) is 2. The highest BCUT2D eigenvalue weighted by atomic mass is 16.5. The summed E-state index contributed by atoms with van der Waals surface area (Å²) in [6.45, 7) is 3.91. The minimum atomic E-state index is -0.250. The zero-order valence-electron chi connectivity index (χ0n) is 13.7. The largest absolute Gasteiger partial charge is 0.497 e. The third-order valence-electron chi connectivity index (χ3n) is 3.23. The van der Waals surface area contributed by atoms with Crippen LogP contribution in [0.1, 0.15) is 17.0 Å². The van der Waals surface area contributed by atoms with Crippen LogP contribution in [0.3, 0.4) is 0 Å². The zero-order chi connectivity index (χ0) is 16.8. The van der Waals surface area contributed by atoms with Crippen LogP contribution in [0.4, 0.5) is 0 Å². The molecule has 0 fully saturated rings. The summed E-state index contributed by atoms with van der Waals surface area (Å²) in [6, 6.07) is 7.26. The highest BCUT2D eigenvalue weighted by molar-refractivity contribution is 5.85. The van der Waals surface area contributed by atoms with E-state index < -0.39 is 0 Å². The van der Waals surface area contributed by atoms with E-state index in [-0.39, 0.29) is 12.5 Å². The van der Waals surface area contributed by atoms with Gasteiger partial charge in [-0.2, -0.15) is 10.2 Å². The number of benzene rings is 1. The van der Waals surface area contributed by atoms with Crippen molar-refractivity contribution >= 4 is 12.1 Å². The highest BCUT2D eigenvalue weighted by Gasteiger charge is 2.06. The maximum atomic E-state index is 11.9. The Morgan fingerprint density at radius 1 is 1.30 bits per heavy atom. The molecule has 0 aliphatic rings. The Morgan fingerprint density at radius 3 is 2.70 bits per heavy atom. The molecule has 0 spiro atoms. The molecule has 0 unspecified atom stereocenters. The molecule has 0 aliphatic heterocycles. The molecule has 0 bridgehead atoms. The van der Waals surface area contributed by atoms with Crippen molar-refractivity contribution in [1.29, 1.82) is 0 Å². The molecule has 1 heterocycles. The van der Waals surface area contributed by atoms with Gasteiger partial charge in [-0.25, -0.2) is 5.43 Å². The molecule has 2 aromatic rings. The van der Waals surface area contributed by atoms with Crippen LogP contribution in [0.2, 0.25) is 0 Å². The van der Waals surface area contributed by atoms with Gasteiger partial charge < -0.3 is 9.47 Å². The Kier molecular flexibility index (Phi) is 5.35. The number of hydrogen-bond acceptors (Lipinski definition) is 5. The molecule has 7 heteroatoms. The lowest BCUT2D eigenvalue weighted by Crippen LogP contribution is -2.24. The van der Waals surface area contributed by atoms with Gasteiger partial charge in [0.15, 0.2) is 0 Å². The molecule has 0 saturated carbocycles. The Morgan fingerprint density at radius 2 is 2.09 bits per heavy atom. The first kappa shape index (κ1) is 16.5. The zero-order valence-corrected chi connectivity index (χ0v) is 13.7. The van der Waals surface area contributed by atoms with Crippen LogP contribution in [0.5, 0.6) is 11.5 Å². The number of carbonyl (C=O) groups excluding carboxylic acids is 1. The molecule has 23 heavy (non-hydrogen) atoms. The van der Waals surface area contributed by atoms with Crippen molar-refractivity contribution in [2.75, 3.05) is 14.2 Å². The van der Waals surface area contributed by atoms with Crippen LogP contribution < -0.4 is 14.9 Å². The van der Waals surface area contributed by atoms with Gasteiger partial charge >= 0.3 is 0 Å². The van der Waals surface area contributed by atoms with Crippen molar-refractivity contribution in [3.05, 3.63) is 41.2 Å². The van der Waals surface area contributed by atoms with Crippen molar-refractivity contribution in [2.45, 2.75) is 20.4 Å². The Bertz CT molecular complexity index is 722. The Labute approximate surface area is 134 Å². The SMILES string of the molecule is COc1ccc(/C=N/NC(=O)Cn2nc(C)cc2C)c(OC)c1. The number of rotatable bonds is 6. The van der Waals surface area contributed by atoms with E-state index in [1.54, 1.807) is 37.1 Å². The Balaban J connectivity index is 1.98. The molecule has 1 amide bonds. The molecule has 2 rings (SSSR count). The average Bonchev–Trinajstić information content (AvgIpc) is 2.85. The van der Waals surface area contributed by atoms with Gasteiger partial charge in [0.05, 0.1) is 26.1 Å². The van der Waals surface area contributed by atoms with Crippen molar-refractivity contribution in [2.24, 2.45) is 5.10 Å². The van der Waals surface area contributed by atoms with Crippen molar-refractivity contribution in [3.63, 3.8) is 0 Å². The minimum Gasteiger partial charge on any atom is -0.497 e. The van der Waals surface area contributed by atoms with Gasteiger partial charge in [0, 0.05) is 17.3 Å². The van der Waals surface area contributed by atoms with Crippen LogP contribution in [0, 0.1) is 13.8 Å². The highest BCUT2D eigenvalue weighted by Crippen LogP contribution is 2.22. The lowest BCUT2D eigenvalue weighted by atomic mass is 10.2. The summed E-state index contributed by atoms with van der Waals surface area (Å²) in [5, 5.41) is 8.18. The van der Waals surface area contributed by atoms with Gasteiger partial charge in [-0.15, -0.1) is 0 Å². The number of methoxy groups -OCH3 is 2. The van der Waals surface area contributed by atoms with E-state index >= 15 is 0 Å². The van der Waals surface area contributed by atoms with Crippen LogP contribution in [0.15, 0.2) is 29.4 Å². The van der Waals surface area contributed by atoms with Gasteiger partial charge in [0.25, 0.3) is 5.91 Å². The summed E-state index contributed by atoms with van der Waals surface area (Å²) < 4.78 is 12.0. The van der Waals surface area contributed by atoms with Crippen molar-refractivity contribution in [1.82, 2.24) is 15.2 Å². The average molecular weight is 316 g/mol. The van der Waals surface area contributed by atoms with E-state index in [9.17, 15) is 4.79 Å². The quantitative estimate of drug-likeness (QED) is 0.649. The van der Waals surface area contributed by atoms with Crippen LogP contribution >= 0.6 is 0 Å². The molecule has 7 nitrogen and oxygen atoms in total. The maximum absolute atomic E-state index is 11.9. The van der Waals surface area contributed by atoms with E-state index in [2.05, 4.69) is 15.6 Å². The predicted octanol–water partition coefficient (Wildman–Crippen LogP) is 1.67. The summed E-state index contributed by atoms with van der Waals surface area (Å²) in [7, 11) is 3.15. The van der Waals surface area contributed by atoms with E-state index in [0.717, 1.165) is 17.0 Å². The van der Waals surface area contributed by atoms with Crippen molar-refractivity contribution in [3.8, 4) is 11.5 Å². The summed E-state index contributed by atoms with van der Waals surface area (Å²) in [5.41, 5.74) is 5.02. The number of nitrogens with one attached hydrogen (secondary N) is 1. The number of aromatic nitrogens is 2. The molecular formula is C16H20N4O3. The van der Waals surface area contributed by atoms with Gasteiger partial charge in [0.1, 0.15) is 18.0 Å². The molecule has 1 aromatic carbocycles. The van der Waals surface area contributed by atoms with E-state index in [1.165, 1.54) is 6.21 Å². The number of amides is 1. The molecule has 0 radical (unpaired) electrons. The number of carbonyl (C=O) groups is 1. The molecular weight excluding hydrogens is 296 g/mol. The minimum absolute atomic E-state index is 0.122. The van der Waals surface area contributed by atoms with Crippen LogP contribution in [0.25, 0.3) is 0 Å². The Hall–Kier alpha value is -2.83. The van der Waals surface area contributed by atoms with Crippen LogP contribution in [-0.2, 0) is 11.3 Å². The fourth-order valence-corrected chi connectivity index (χ4v) is 2.11. The van der Waals surface area contributed by atoms with E-state index in [0.29, 0.717) is 11.5 Å². The molecule has 1 aromatic heterocycles. The first-order chi connectivity index (χ1) is 11.0. The lowest BCUT2D eigenvalue weighted by molar-refractivity contribution is -0.121. The van der Waals surface area contributed by atoms with Gasteiger partial charge in [0.2, 0.25) is 0 Å². The second kappa shape index (κ2) is 7.44. The van der Waals surface area contributed by atoms with E-state index in [4.69, 9.17) is 9.47 Å². The predicted molar refractivity (Wildman–Crippen MR) is 87.0 cm³/mol. The van der Waals surface area contributed by atoms with Gasteiger partial charge in [-0.1, -0.05) is 0 Å². The van der Waals surface area contributed by atoms with Gasteiger partial charge in [-0.3, -0.25) is 9.48 Å². The molecule has 0 atom stereocenters. The second-order valence-electron chi connectivity index (χ2n) is 4.99. The number of aryl methyl sites for hydroxylation is 2. The monoisotopic (exact) mass is 316 g/mol. The topological polar surface area (TPSA) is 77.7 Å². The summed E-state index contributed by atoms with van der Waals surface area (Å²) in [4.78, 5) is 11.9. The van der Waals surface area contributed by atoms with Crippen LogP contribution in [-0.4, -0.2) is 36.1 Å². The normalized spacial score (nSPS) is 10.8. The third kappa shape index (κ3) is 4.32. The summed E-state index contributed by atoms with van der Waals surface area (Å²) >= 11 is 0. The fourth-order valence-electron chi connectivity index (χ4n) is 2.11. The molecule has 1 N–H and O–H groups in total. The summed E-state index contributed by atoms with van der Waals surface area (Å²) in [6.07, 6.45) is 1.53. The first-order valence-electron chi connectivity index (χ1n) is 7.08. The van der Waals surface area contributed by atoms with Crippen molar-refractivity contribution < 1.29 is 14.3 Å². The number of nitrogens with zero attached hydrogens (tertiary/aromatic N) is 3. The van der Waals surface area contributed by atoms with E-state index in [1.807, 2.05) is 19.9 Å².